The maximum absolute atomic E-state index is 13.9. The van der Waals surface area contributed by atoms with Crippen LogP contribution in [0.15, 0.2) is 48.3 Å². The minimum absolute atomic E-state index is 0.0795. The molecule has 1 amide bonds. The van der Waals surface area contributed by atoms with Crippen molar-refractivity contribution in [3.05, 3.63) is 65.6 Å². The number of nitrogens with one attached hydrogen (secondary N) is 1. The van der Waals surface area contributed by atoms with Crippen molar-refractivity contribution < 1.29 is 22.4 Å². The first-order valence-corrected chi connectivity index (χ1v) is 7.35. The molecule has 0 aliphatic heterocycles. The van der Waals surface area contributed by atoms with Gasteiger partial charge in [0.1, 0.15) is 29.7 Å². The van der Waals surface area contributed by atoms with E-state index in [4.69, 9.17) is 0 Å². The number of nitrogens with zero attached hydrogens (tertiary/aromatic N) is 2. The summed E-state index contributed by atoms with van der Waals surface area (Å²) in [5, 5.41) is 6.11. The number of hydrogen-bond donors (Lipinski definition) is 1. The van der Waals surface area contributed by atoms with Gasteiger partial charge in [-0.25, -0.2) is 17.6 Å². The van der Waals surface area contributed by atoms with Gasteiger partial charge in [-0.2, -0.15) is 5.10 Å². The van der Waals surface area contributed by atoms with Gasteiger partial charge in [-0.05, 0) is 36.4 Å². The molecule has 4 nitrogen and oxygen atoms in total. The Hall–Kier alpha value is -2.90. The van der Waals surface area contributed by atoms with E-state index in [0.717, 1.165) is 30.4 Å². The Morgan fingerprint density at radius 3 is 2.72 bits per heavy atom. The molecule has 25 heavy (non-hydrogen) atoms. The third-order valence-electron chi connectivity index (χ3n) is 3.77. The molecular weight excluding hydrogens is 338 g/mol. The van der Waals surface area contributed by atoms with E-state index in [9.17, 15) is 22.4 Å². The van der Waals surface area contributed by atoms with E-state index in [0.29, 0.717) is 0 Å². The van der Waals surface area contributed by atoms with Crippen LogP contribution < -0.4 is 5.32 Å². The highest BCUT2D eigenvalue weighted by atomic mass is 19.1. The lowest BCUT2D eigenvalue weighted by Crippen LogP contribution is -2.42. The van der Waals surface area contributed by atoms with Crippen molar-refractivity contribution in [2.24, 2.45) is 7.05 Å². The minimum Gasteiger partial charge on any atom is -0.338 e. The van der Waals surface area contributed by atoms with Crippen molar-refractivity contribution in [1.82, 2.24) is 15.1 Å². The monoisotopic (exact) mass is 351 g/mol. The fourth-order valence-corrected chi connectivity index (χ4v) is 2.51. The van der Waals surface area contributed by atoms with Crippen LogP contribution >= 0.6 is 0 Å². The molecule has 0 radical (unpaired) electrons. The van der Waals surface area contributed by atoms with Crippen LogP contribution in [0.4, 0.5) is 17.6 Å². The average molecular weight is 351 g/mol. The van der Waals surface area contributed by atoms with Gasteiger partial charge in [0.15, 0.2) is 5.69 Å². The molecule has 0 fully saturated rings. The second-order valence-electron chi connectivity index (χ2n) is 5.49. The molecule has 1 aromatic heterocycles. The summed E-state index contributed by atoms with van der Waals surface area (Å²) in [7, 11) is 1.44. The molecule has 0 saturated carbocycles. The molecule has 1 N–H and O–H groups in total. The number of halogens is 4. The predicted octanol–water partition coefficient (Wildman–Crippen LogP) is 3.23. The summed E-state index contributed by atoms with van der Waals surface area (Å²) in [5.74, 6) is -2.99. The largest absolute Gasteiger partial charge is 0.338 e. The van der Waals surface area contributed by atoms with Crippen LogP contribution in [0.1, 0.15) is 10.5 Å². The van der Waals surface area contributed by atoms with Gasteiger partial charge in [0, 0.05) is 12.6 Å². The van der Waals surface area contributed by atoms with Crippen LogP contribution in [0.2, 0.25) is 0 Å². The second-order valence-corrected chi connectivity index (χ2v) is 5.49. The average Bonchev–Trinajstić information content (AvgIpc) is 2.95. The van der Waals surface area contributed by atoms with Crippen LogP contribution in [0.3, 0.4) is 0 Å². The van der Waals surface area contributed by atoms with Gasteiger partial charge >= 0.3 is 0 Å². The van der Waals surface area contributed by atoms with Crippen LogP contribution in [0, 0.1) is 11.6 Å². The van der Waals surface area contributed by atoms with Gasteiger partial charge in [-0.1, -0.05) is 6.08 Å². The summed E-state index contributed by atoms with van der Waals surface area (Å²) in [6.45, 7) is 0. The molecule has 1 aromatic carbocycles. The number of benzene rings is 1. The van der Waals surface area contributed by atoms with E-state index in [1.54, 1.807) is 0 Å². The number of aromatic nitrogens is 2. The maximum atomic E-state index is 13.9. The summed E-state index contributed by atoms with van der Waals surface area (Å²) >= 11 is 0. The molecular formula is C17H13F4N3O. The van der Waals surface area contributed by atoms with E-state index >= 15 is 0 Å². The summed E-state index contributed by atoms with van der Waals surface area (Å²) < 4.78 is 55.8. The standard InChI is InChI=1S/C17H13F4N3O/c1-24-15(10-7-9(18)5-6-11(10)19)8-14(23-24)17(25)22-16-12(20)3-2-4-13(16)21/h2-8,12,16H,1H3,(H,22,25). The topological polar surface area (TPSA) is 46.9 Å². The summed E-state index contributed by atoms with van der Waals surface area (Å²) in [5.41, 5.74) is -0.0988. The van der Waals surface area contributed by atoms with Gasteiger partial charge in [0.05, 0.1) is 5.69 Å². The quantitative estimate of drug-likeness (QED) is 0.863. The van der Waals surface area contributed by atoms with Gasteiger partial charge in [0.2, 0.25) is 0 Å². The lowest BCUT2D eigenvalue weighted by atomic mass is 10.1. The Labute approximate surface area is 140 Å². The molecule has 8 heteroatoms. The van der Waals surface area contributed by atoms with E-state index < -0.39 is 35.6 Å². The number of allylic oxidation sites excluding steroid dienone is 2. The summed E-state index contributed by atoms with van der Waals surface area (Å²) in [6, 6.07) is 2.67. The number of rotatable bonds is 3. The van der Waals surface area contributed by atoms with Crippen molar-refractivity contribution in [2.45, 2.75) is 12.2 Å². The summed E-state index contributed by atoms with van der Waals surface area (Å²) in [6.07, 6.45) is 1.67. The third kappa shape index (κ3) is 3.33. The molecule has 1 aliphatic carbocycles. The number of carbonyl (C=O) groups excluding carboxylic acids is 1. The van der Waals surface area contributed by atoms with Gasteiger partial charge in [-0.15, -0.1) is 0 Å². The Kier molecular flexibility index (Phi) is 4.43. The van der Waals surface area contributed by atoms with Crippen molar-refractivity contribution >= 4 is 5.91 Å². The van der Waals surface area contributed by atoms with E-state index in [2.05, 4.69) is 10.4 Å². The van der Waals surface area contributed by atoms with Gasteiger partial charge in [-0.3, -0.25) is 9.48 Å². The highest BCUT2D eigenvalue weighted by Gasteiger charge is 2.28. The Morgan fingerprint density at radius 2 is 2.00 bits per heavy atom. The highest BCUT2D eigenvalue weighted by Crippen LogP contribution is 2.25. The molecule has 2 aromatic rings. The van der Waals surface area contributed by atoms with Crippen LogP contribution in [0.5, 0.6) is 0 Å². The Morgan fingerprint density at radius 1 is 1.24 bits per heavy atom. The van der Waals surface area contributed by atoms with E-state index in [1.807, 2.05) is 0 Å². The lowest BCUT2D eigenvalue weighted by molar-refractivity contribution is 0.0915. The molecule has 0 saturated heterocycles. The first-order chi connectivity index (χ1) is 11.9. The van der Waals surface area contributed by atoms with Crippen molar-refractivity contribution in [3.63, 3.8) is 0 Å². The zero-order valence-corrected chi connectivity index (χ0v) is 13.0. The zero-order valence-electron chi connectivity index (χ0n) is 13.0. The van der Waals surface area contributed by atoms with Crippen LogP contribution in [-0.2, 0) is 7.05 Å². The molecule has 0 bridgehead atoms. The normalized spacial score (nSPS) is 19.6. The number of carbonyl (C=O) groups is 1. The molecule has 1 aliphatic rings. The second kappa shape index (κ2) is 6.54. The summed E-state index contributed by atoms with van der Waals surface area (Å²) in [4.78, 5) is 12.2. The van der Waals surface area contributed by atoms with Crippen LogP contribution in [0.25, 0.3) is 11.3 Å². The predicted molar refractivity (Wildman–Crippen MR) is 83.0 cm³/mol. The van der Waals surface area contributed by atoms with Gasteiger partial charge in [0.25, 0.3) is 5.91 Å². The molecule has 130 valence electrons. The molecule has 0 spiro atoms. The smallest absolute Gasteiger partial charge is 0.272 e. The molecule has 1 heterocycles. The maximum Gasteiger partial charge on any atom is 0.272 e. The number of hydrogen-bond acceptors (Lipinski definition) is 2. The highest BCUT2D eigenvalue weighted by molar-refractivity contribution is 5.94. The number of aryl methyl sites for hydroxylation is 1. The minimum atomic E-state index is -1.71. The first kappa shape index (κ1) is 16.9. The third-order valence-corrected chi connectivity index (χ3v) is 3.77. The van der Waals surface area contributed by atoms with E-state index in [1.165, 1.54) is 23.9 Å². The molecule has 2 unspecified atom stereocenters. The van der Waals surface area contributed by atoms with Crippen molar-refractivity contribution in [1.29, 1.82) is 0 Å². The van der Waals surface area contributed by atoms with Gasteiger partial charge < -0.3 is 5.32 Å². The first-order valence-electron chi connectivity index (χ1n) is 7.35. The fourth-order valence-electron chi connectivity index (χ4n) is 2.51. The van der Waals surface area contributed by atoms with Crippen molar-refractivity contribution in [3.8, 4) is 11.3 Å². The molecule has 3 rings (SSSR count). The number of amides is 1. The Balaban J connectivity index is 1.87. The molecule has 2 atom stereocenters. The van der Waals surface area contributed by atoms with E-state index in [-0.39, 0.29) is 17.0 Å². The Bertz CT molecular complexity index is 888. The number of alkyl halides is 1. The fraction of sp³-hybridized carbons (Fsp3) is 0.176. The SMILES string of the molecule is Cn1nc(C(=O)NC2C(F)=CC=CC2F)cc1-c1cc(F)ccc1F. The van der Waals surface area contributed by atoms with Crippen molar-refractivity contribution in [2.75, 3.05) is 0 Å². The zero-order chi connectivity index (χ0) is 18.1. The lowest BCUT2D eigenvalue weighted by Gasteiger charge is -2.20. The van der Waals surface area contributed by atoms with Crippen LogP contribution in [-0.4, -0.2) is 27.9 Å².